The van der Waals surface area contributed by atoms with E-state index in [1.54, 1.807) is 0 Å². The van der Waals surface area contributed by atoms with Gasteiger partial charge < -0.3 is 0 Å². The van der Waals surface area contributed by atoms with E-state index >= 15 is 0 Å². The second kappa shape index (κ2) is 2.94. The molecular formula is C14H11NO. The quantitative estimate of drug-likeness (QED) is 0.720. The number of hydroxylamine groups is 1. The van der Waals surface area contributed by atoms with Gasteiger partial charge >= 0.3 is 0 Å². The van der Waals surface area contributed by atoms with Crippen LogP contribution in [0, 0.1) is 0 Å². The van der Waals surface area contributed by atoms with Crippen molar-refractivity contribution in [1.82, 2.24) is 5.48 Å². The molecule has 2 heteroatoms. The molecule has 2 heterocycles. The Morgan fingerprint density at radius 2 is 1.25 bits per heavy atom. The van der Waals surface area contributed by atoms with E-state index in [0.717, 1.165) is 0 Å². The number of fused-ring (bicyclic) bond motifs is 1. The summed E-state index contributed by atoms with van der Waals surface area (Å²) in [4.78, 5) is 5.68. The molecule has 2 aromatic rings. The lowest BCUT2D eigenvalue weighted by Gasteiger charge is -2.40. The van der Waals surface area contributed by atoms with Crippen molar-refractivity contribution in [1.29, 1.82) is 0 Å². The van der Waals surface area contributed by atoms with Gasteiger partial charge in [-0.3, -0.25) is 4.84 Å². The van der Waals surface area contributed by atoms with Crippen LogP contribution in [-0.4, -0.2) is 0 Å². The highest BCUT2D eigenvalue weighted by Crippen LogP contribution is 2.45. The fraction of sp³-hybridized carbons (Fsp3) is 0.143. The maximum absolute atomic E-state index is 5.68. The van der Waals surface area contributed by atoms with Crippen LogP contribution in [0.1, 0.15) is 34.4 Å². The third kappa shape index (κ3) is 0.932. The molecule has 5 rings (SSSR count). The van der Waals surface area contributed by atoms with E-state index in [1.165, 1.54) is 22.3 Å². The molecule has 2 aromatic carbocycles. The highest BCUT2D eigenvalue weighted by Gasteiger charge is 2.37. The average molecular weight is 209 g/mol. The minimum absolute atomic E-state index is 0.0531. The van der Waals surface area contributed by atoms with Gasteiger partial charge in [-0.05, 0) is 22.3 Å². The van der Waals surface area contributed by atoms with E-state index in [9.17, 15) is 0 Å². The molecule has 0 fully saturated rings. The van der Waals surface area contributed by atoms with Crippen molar-refractivity contribution < 1.29 is 4.84 Å². The van der Waals surface area contributed by atoms with Crippen LogP contribution in [0.15, 0.2) is 48.5 Å². The Bertz CT molecular complexity index is 467. The van der Waals surface area contributed by atoms with E-state index in [0.29, 0.717) is 0 Å². The fourth-order valence-electron chi connectivity index (χ4n) is 2.75. The third-order valence-corrected chi connectivity index (χ3v) is 3.48. The predicted molar refractivity (Wildman–Crippen MR) is 60.8 cm³/mol. The number of nitrogens with one attached hydrogen (secondary N) is 1. The van der Waals surface area contributed by atoms with Crippen molar-refractivity contribution in [2.45, 2.75) is 12.1 Å². The summed E-state index contributed by atoms with van der Waals surface area (Å²) < 4.78 is 0. The first-order chi connectivity index (χ1) is 7.95. The van der Waals surface area contributed by atoms with Crippen LogP contribution in [0.4, 0.5) is 0 Å². The first-order valence-corrected chi connectivity index (χ1v) is 5.54. The van der Waals surface area contributed by atoms with E-state index in [4.69, 9.17) is 4.84 Å². The standard InChI is InChI=1S/C14H11NO/c1-3-7-11-9(5-1)13-10-6-2-4-8-12(10)14(11)16-15-13/h1-8,13-15H. The van der Waals surface area contributed by atoms with Gasteiger partial charge in [-0.1, -0.05) is 48.5 Å². The minimum atomic E-state index is 0.0531. The summed E-state index contributed by atoms with van der Waals surface area (Å²) in [5, 5.41) is 0. The molecule has 1 N–H and O–H groups in total. The van der Waals surface area contributed by atoms with Gasteiger partial charge in [-0.15, -0.1) is 0 Å². The maximum atomic E-state index is 5.68. The molecule has 0 radical (unpaired) electrons. The topological polar surface area (TPSA) is 21.3 Å². The first-order valence-electron chi connectivity index (χ1n) is 5.54. The number of hydrogen-bond donors (Lipinski definition) is 1. The van der Waals surface area contributed by atoms with E-state index < -0.39 is 0 Å². The molecule has 2 bridgehead atoms. The zero-order valence-electron chi connectivity index (χ0n) is 8.68. The van der Waals surface area contributed by atoms with Crippen molar-refractivity contribution in [3.8, 4) is 0 Å². The van der Waals surface area contributed by atoms with Gasteiger partial charge in [0.2, 0.25) is 0 Å². The highest BCUT2D eigenvalue weighted by atomic mass is 16.7. The zero-order valence-corrected chi connectivity index (χ0v) is 8.68. The molecule has 3 aliphatic rings. The normalized spacial score (nSPS) is 25.0. The molecule has 78 valence electrons. The molecular weight excluding hydrogens is 198 g/mol. The predicted octanol–water partition coefficient (Wildman–Crippen LogP) is 2.71. The Hall–Kier alpha value is -1.64. The van der Waals surface area contributed by atoms with Crippen molar-refractivity contribution in [2.24, 2.45) is 0 Å². The van der Waals surface area contributed by atoms with Gasteiger partial charge in [-0.25, -0.2) is 0 Å². The van der Waals surface area contributed by atoms with Crippen LogP contribution in [0.5, 0.6) is 0 Å². The average Bonchev–Trinajstić information content (AvgIpc) is 2.40. The summed E-state index contributed by atoms with van der Waals surface area (Å²) in [6.45, 7) is 0. The number of hydrogen-bond acceptors (Lipinski definition) is 2. The molecule has 0 amide bonds. The van der Waals surface area contributed by atoms with E-state index in [-0.39, 0.29) is 12.1 Å². The molecule has 2 aliphatic heterocycles. The fourth-order valence-corrected chi connectivity index (χ4v) is 2.75. The summed E-state index contributed by atoms with van der Waals surface area (Å²) in [5.41, 5.74) is 8.41. The summed E-state index contributed by atoms with van der Waals surface area (Å²) in [6.07, 6.45) is 0.0531. The Labute approximate surface area is 93.8 Å². The van der Waals surface area contributed by atoms with Crippen LogP contribution in [-0.2, 0) is 4.84 Å². The number of benzene rings is 2. The van der Waals surface area contributed by atoms with Gasteiger partial charge in [0.15, 0.2) is 0 Å². The first kappa shape index (κ1) is 8.50. The van der Waals surface area contributed by atoms with Crippen molar-refractivity contribution in [3.05, 3.63) is 70.8 Å². The van der Waals surface area contributed by atoms with Crippen LogP contribution >= 0.6 is 0 Å². The molecule has 0 saturated carbocycles. The monoisotopic (exact) mass is 209 g/mol. The second-order valence-corrected chi connectivity index (χ2v) is 4.31. The van der Waals surface area contributed by atoms with Crippen molar-refractivity contribution in [2.75, 3.05) is 0 Å². The van der Waals surface area contributed by atoms with E-state index in [2.05, 4.69) is 54.0 Å². The minimum Gasteiger partial charge on any atom is -0.288 e. The molecule has 2 nitrogen and oxygen atoms in total. The van der Waals surface area contributed by atoms with Crippen molar-refractivity contribution in [3.63, 3.8) is 0 Å². The Morgan fingerprint density at radius 3 is 1.81 bits per heavy atom. The summed E-state index contributed by atoms with van der Waals surface area (Å²) in [7, 11) is 0. The lowest BCUT2D eigenvalue weighted by molar-refractivity contribution is -0.0475. The molecule has 0 atom stereocenters. The van der Waals surface area contributed by atoms with Crippen LogP contribution < -0.4 is 5.48 Å². The van der Waals surface area contributed by atoms with Crippen LogP contribution in [0.3, 0.4) is 0 Å². The maximum Gasteiger partial charge on any atom is 0.130 e. The Kier molecular flexibility index (Phi) is 1.56. The summed E-state index contributed by atoms with van der Waals surface area (Å²) >= 11 is 0. The molecule has 0 unspecified atom stereocenters. The molecule has 16 heavy (non-hydrogen) atoms. The number of rotatable bonds is 0. The smallest absolute Gasteiger partial charge is 0.130 e. The van der Waals surface area contributed by atoms with Gasteiger partial charge in [0.1, 0.15) is 6.10 Å². The van der Waals surface area contributed by atoms with Gasteiger partial charge in [0.25, 0.3) is 0 Å². The molecule has 0 saturated heterocycles. The van der Waals surface area contributed by atoms with Crippen LogP contribution in [0.25, 0.3) is 0 Å². The van der Waals surface area contributed by atoms with Gasteiger partial charge in [0.05, 0.1) is 6.04 Å². The second-order valence-electron chi connectivity index (χ2n) is 4.31. The molecule has 0 spiro atoms. The van der Waals surface area contributed by atoms with Gasteiger partial charge in [-0.2, -0.15) is 5.48 Å². The largest absolute Gasteiger partial charge is 0.288 e. The SMILES string of the molecule is c1ccc2c(c1)C1NOC2c2ccccc21. The molecule has 0 aromatic heterocycles. The zero-order chi connectivity index (χ0) is 10.5. The molecule has 1 aliphatic carbocycles. The summed E-state index contributed by atoms with van der Waals surface area (Å²) in [6, 6.07) is 17.2. The highest BCUT2D eigenvalue weighted by molar-refractivity contribution is 5.52. The van der Waals surface area contributed by atoms with Crippen LogP contribution in [0.2, 0.25) is 0 Å². The van der Waals surface area contributed by atoms with E-state index in [1.807, 2.05) is 0 Å². The van der Waals surface area contributed by atoms with Crippen molar-refractivity contribution >= 4 is 0 Å². The lowest BCUT2D eigenvalue weighted by Crippen LogP contribution is -2.38. The Morgan fingerprint density at radius 1 is 0.750 bits per heavy atom. The van der Waals surface area contributed by atoms with Gasteiger partial charge in [0, 0.05) is 0 Å². The Balaban J connectivity index is 2.04. The summed E-state index contributed by atoms with van der Waals surface area (Å²) in [5.74, 6) is 0. The third-order valence-electron chi connectivity index (χ3n) is 3.48. The lowest BCUT2D eigenvalue weighted by atomic mass is 9.80.